The van der Waals surface area contributed by atoms with Gasteiger partial charge in [0.2, 0.25) is 5.91 Å². The molecule has 0 radical (unpaired) electrons. The van der Waals surface area contributed by atoms with Crippen molar-refractivity contribution in [2.24, 2.45) is 11.8 Å². The van der Waals surface area contributed by atoms with Gasteiger partial charge in [0, 0.05) is 36.9 Å². The number of rotatable bonds is 6. The van der Waals surface area contributed by atoms with E-state index in [4.69, 9.17) is 9.84 Å². The number of carboxylic acids is 1. The van der Waals surface area contributed by atoms with Gasteiger partial charge in [-0.05, 0) is 41.5 Å². The van der Waals surface area contributed by atoms with Crippen LogP contribution in [0.5, 0.6) is 0 Å². The number of carbonyl (C=O) groups is 3. The highest BCUT2D eigenvalue weighted by Crippen LogP contribution is 2.44. The van der Waals surface area contributed by atoms with E-state index >= 15 is 0 Å². The van der Waals surface area contributed by atoms with Gasteiger partial charge in [0.1, 0.15) is 6.61 Å². The lowest BCUT2D eigenvalue weighted by molar-refractivity contribution is -0.148. The van der Waals surface area contributed by atoms with Crippen molar-refractivity contribution in [2.75, 3.05) is 19.7 Å². The summed E-state index contributed by atoms with van der Waals surface area (Å²) < 4.78 is 5.67. The number of nitrogens with one attached hydrogen (secondary N) is 1. The van der Waals surface area contributed by atoms with Crippen molar-refractivity contribution < 1.29 is 24.2 Å². The molecule has 5 rings (SSSR count). The molecule has 2 aliphatic carbocycles. The number of fused-ring (bicyclic) bond motifs is 3. The van der Waals surface area contributed by atoms with Gasteiger partial charge in [-0.15, -0.1) is 0 Å². The first-order chi connectivity index (χ1) is 16.5. The predicted octanol–water partition coefficient (Wildman–Crippen LogP) is 4.02. The summed E-state index contributed by atoms with van der Waals surface area (Å²) in [5.41, 5.74) is 4.74. The second-order valence-electron chi connectivity index (χ2n) is 9.74. The third-order valence-corrected chi connectivity index (χ3v) is 7.42. The van der Waals surface area contributed by atoms with E-state index in [2.05, 4.69) is 29.6 Å². The lowest BCUT2D eigenvalue weighted by Gasteiger charge is -2.42. The number of likely N-dealkylation sites (tertiary alicyclic amines) is 1. The molecule has 1 saturated carbocycles. The van der Waals surface area contributed by atoms with Crippen LogP contribution in [0.25, 0.3) is 11.1 Å². The maximum atomic E-state index is 12.8. The van der Waals surface area contributed by atoms with Crippen LogP contribution in [-0.2, 0) is 14.3 Å². The van der Waals surface area contributed by atoms with Gasteiger partial charge in [0.05, 0.1) is 6.42 Å². The van der Waals surface area contributed by atoms with Crippen LogP contribution in [0.1, 0.15) is 49.1 Å². The fourth-order valence-electron chi connectivity index (χ4n) is 5.74. The number of benzene rings is 2. The summed E-state index contributed by atoms with van der Waals surface area (Å²) in [5.74, 6) is -0.787. The molecule has 2 aromatic carbocycles. The molecular formula is C27H30N2O5. The number of alkyl carbamates (subject to hydrolysis) is 1. The van der Waals surface area contributed by atoms with E-state index in [1.54, 1.807) is 4.90 Å². The second-order valence-corrected chi connectivity index (χ2v) is 9.74. The van der Waals surface area contributed by atoms with Crippen LogP contribution < -0.4 is 5.32 Å². The van der Waals surface area contributed by atoms with Gasteiger partial charge in [-0.2, -0.15) is 0 Å². The van der Waals surface area contributed by atoms with Crippen LogP contribution in [-0.4, -0.2) is 53.7 Å². The van der Waals surface area contributed by atoms with E-state index in [0.717, 1.165) is 19.3 Å². The molecule has 0 unspecified atom stereocenters. The third-order valence-electron chi connectivity index (χ3n) is 7.42. The molecule has 1 heterocycles. The minimum absolute atomic E-state index is 0.0176. The molecule has 0 bridgehead atoms. The molecule has 1 aliphatic heterocycles. The molecule has 0 aromatic heterocycles. The second kappa shape index (κ2) is 9.49. The molecule has 2 fully saturated rings. The number of ether oxygens (including phenoxy) is 1. The van der Waals surface area contributed by atoms with Crippen LogP contribution in [0.2, 0.25) is 0 Å². The maximum absolute atomic E-state index is 12.8. The van der Waals surface area contributed by atoms with Gasteiger partial charge in [0.25, 0.3) is 0 Å². The number of hydrogen-bond donors (Lipinski definition) is 2. The topological polar surface area (TPSA) is 95.9 Å². The molecule has 0 spiro atoms. The molecular weight excluding hydrogens is 432 g/mol. The third kappa shape index (κ3) is 4.52. The molecule has 178 valence electrons. The maximum Gasteiger partial charge on any atom is 0.407 e. The first kappa shape index (κ1) is 22.4. The van der Waals surface area contributed by atoms with E-state index in [-0.39, 0.29) is 42.7 Å². The Hall–Kier alpha value is -3.35. The summed E-state index contributed by atoms with van der Waals surface area (Å²) in [6.07, 6.45) is 2.78. The molecule has 2 amide bonds. The Morgan fingerprint density at radius 2 is 1.62 bits per heavy atom. The molecule has 7 heteroatoms. The van der Waals surface area contributed by atoms with Crippen LogP contribution in [0.4, 0.5) is 4.79 Å². The van der Waals surface area contributed by atoms with Gasteiger partial charge in [0.15, 0.2) is 0 Å². The van der Waals surface area contributed by atoms with E-state index in [9.17, 15) is 14.4 Å². The SMILES string of the molecule is O=C(O)CC1CN(C(=O)[C@@H]2CCC[C@@H](NC(=O)OCC3c4ccccc4-c4ccccc43)C2)C1. The number of nitrogens with zero attached hydrogens (tertiary/aromatic N) is 1. The van der Waals surface area contributed by atoms with Crippen LogP contribution in [0.3, 0.4) is 0 Å². The van der Waals surface area contributed by atoms with Gasteiger partial charge in [-0.25, -0.2) is 4.79 Å². The van der Waals surface area contributed by atoms with Crippen molar-refractivity contribution in [1.82, 2.24) is 10.2 Å². The smallest absolute Gasteiger partial charge is 0.407 e. The fourth-order valence-corrected chi connectivity index (χ4v) is 5.74. The van der Waals surface area contributed by atoms with Gasteiger partial charge >= 0.3 is 12.1 Å². The van der Waals surface area contributed by atoms with Gasteiger partial charge in [-0.1, -0.05) is 55.0 Å². The Morgan fingerprint density at radius 1 is 0.971 bits per heavy atom. The standard InChI is InChI=1S/C27H30N2O5/c30-25(31)12-17-14-29(15-17)26(32)18-6-5-7-19(13-18)28-27(33)34-16-24-22-10-3-1-8-20(22)21-9-2-4-11-23(21)24/h1-4,8-11,17-19,24H,5-7,12-16H2,(H,28,33)(H,30,31)/t18-,19-/m1/s1. The van der Waals surface area contributed by atoms with Crippen LogP contribution in [0.15, 0.2) is 48.5 Å². The van der Waals surface area contributed by atoms with Crippen molar-refractivity contribution in [3.05, 3.63) is 59.7 Å². The Morgan fingerprint density at radius 3 is 2.26 bits per heavy atom. The molecule has 1 saturated heterocycles. The first-order valence-corrected chi connectivity index (χ1v) is 12.1. The average molecular weight is 463 g/mol. The minimum atomic E-state index is -0.817. The van der Waals surface area contributed by atoms with Crippen molar-refractivity contribution in [2.45, 2.75) is 44.1 Å². The summed E-state index contributed by atoms with van der Waals surface area (Å²) >= 11 is 0. The molecule has 2 aromatic rings. The number of carbonyl (C=O) groups excluding carboxylic acids is 2. The summed E-state index contributed by atoms with van der Waals surface area (Å²) in [4.78, 5) is 38.0. The van der Waals surface area contributed by atoms with Gasteiger partial charge < -0.3 is 20.1 Å². The van der Waals surface area contributed by atoms with Crippen molar-refractivity contribution >= 4 is 18.0 Å². The van der Waals surface area contributed by atoms with Crippen molar-refractivity contribution in [3.63, 3.8) is 0 Å². The van der Waals surface area contributed by atoms with Crippen molar-refractivity contribution in [1.29, 1.82) is 0 Å². The molecule has 7 nitrogen and oxygen atoms in total. The zero-order valence-corrected chi connectivity index (χ0v) is 19.1. The average Bonchev–Trinajstić information content (AvgIpc) is 3.13. The summed E-state index contributed by atoms with van der Waals surface area (Å²) in [6.45, 7) is 1.31. The lowest BCUT2D eigenvalue weighted by Crippen LogP contribution is -2.53. The fraction of sp³-hybridized carbons (Fsp3) is 0.444. The van der Waals surface area contributed by atoms with Crippen LogP contribution >= 0.6 is 0 Å². The molecule has 2 atom stereocenters. The predicted molar refractivity (Wildman–Crippen MR) is 126 cm³/mol. The number of aliphatic carboxylic acids is 1. The largest absolute Gasteiger partial charge is 0.481 e. The van der Waals surface area contributed by atoms with E-state index in [1.807, 2.05) is 24.3 Å². The van der Waals surface area contributed by atoms with E-state index in [0.29, 0.717) is 19.5 Å². The number of hydrogen-bond acceptors (Lipinski definition) is 4. The monoisotopic (exact) mass is 462 g/mol. The van der Waals surface area contributed by atoms with E-state index < -0.39 is 12.1 Å². The summed E-state index contributed by atoms with van der Waals surface area (Å²) in [6, 6.07) is 16.4. The Labute approximate surface area is 199 Å². The highest BCUT2D eigenvalue weighted by atomic mass is 16.5. The minimum Gasteiger partial charge on any atom is -0.481 e. The van der Waals surface area contributed by atoms with Crippen LogP contribution in [0, 0.1) is 11.8 Å². The zero-order chi connectivity index (χ0) is 23.7. The highest BCUT2D eigenvalue weighted by molar-refractivity contribution is 5.81. The van der Waals surface area contributed by atoms with Gasteiger partial charge in [-0.3, -0.25) is 9.59 Å². The Balaban J connectivity index is 1.13. The quantitative estimate of drug-likeness (QED) is 0.676. The van der Waals surface area contributed by atoms with E-state index in [1.165, 1.54) is 22.3 Å². The number of amides is 2. The molecule has 2 N–H and O–H groups in total. The Bertz CT molecular complexity index is 1050. The number of carboxylic acid groups (broad SMARTS) is 1. The summed E-state index contributed by atoms with van der Waals surface area (Å²) in [5, 5.41) is 11.9. The lowest BCUT2D eigenvalue weighted by atomic mass is 9.83. The molecule has 34 heavy (non-hydrogen) atoms. The zero-order valence-electron chi connectivity index (χ0n) is 19.1. The Kier molecular flexibility index (Phi) is 6.26. The van der Waals surface area contributed by atoms with Crippen molar-refractivity contribution in [3.8, 4) is 11.1 Å². The first-order valence-electron chi connectivity index (χ1n) is 12.1. The molecule has 3 aliphatic rings. The highest BCUT2D eigenvalue weighted by Gasteiger charge is 2.37. The normalized spacial score (nSPS) is 21.8. The summed E-state index contributed by atoms with van der Waals surface area (Å²) in [7, 11) is 0.